The number of benzene rings is 3. The largest absolute Gasteiger partial charge is 0.497 e. The maximum atomic E-state index is 13.5. The molecule has 5 heteroatoms. The number of rotatable bonds is 8. The van der Waals surface area contributed by atoms with Gasteiger partial charge >= 0.3 is 0 Å². The van der Waals surface area contributed by atoms with Gasteiger partial charge in [0.05, 0.1) is 20.3 Å². The molecule has 0 unspecified atom stereocenters. The second-order valence-electron chi connectivity index (χ2n) is 9.58. The van der Waals surface area contributed by atoms with Crippen molar-refractivity contribution in [3.63, 3.8) is 0 Å². The molecule has 0 bridgehead atoms. The van der Waals surface area contributed by atoms with Crippen molar-refractivity contribution in [1.29, 1.82) is 0 Å². The lowest BCUT2D eigenvalue weighted by Gasteiger charge is -2.30. The molecule has 5 nitrogen and oxygen atoms in total. The summed E-state index contributed by atoms with van der Waals surface area (Å²) in [6.07, 6.45) is 2.75. The highest BCUT2D eigenvalue weighted by molar-refractivity contribution is 5.86. The number of methoxy groups -OCH3 is 1. The second-order valence-corrected chi connectivity index (χ2v) is 9.58. The average Bonchev–Trinajstić information content (AvgIpc) is 3.30. The number of morpholine rings is 1. The number of carbonyl (C=O) groups is 1. The van der Waals surface area contributed by atoms with Crippen LogP contribution < -0.4 is 4.74 Å². The molecular formula is C31H34N2O3. The number of aromatic nitrogens is 1. The number of nitrogens with zero attached hydrogens (tertiary/aromatic N) is 2. The summed E-state index contributed by atoms with van der Waals surface area (Å²) < 4.78 is 13.1. The Morgan fingerprint density at radius 3 is 2.36 bits per heavy atom. The van der Waals surface area contributed by atoms with E-state index in [1.807, 2.05) is 23.1 Å². The van der Waals surface area contributed by atoms with Gasteiger partial charge in [-0.25, -0.2) is 0 Å². The van der Waals surface area contributed by atoms with Crippen molar-refractivity contribution >= 4 is 16.8 Å². The van der Waals surface area contributed by atoms with Crippen LogP contribution in [-0.4, -0.2) is 48.8 Å². The summed E-state index contributed by atoms with van der Waals surface area (Å²) in [4.78, 5) is 15.4. The fraction of sp³-hybridized carbons (Fsp3) is 0.323. The number of hydrogen-bond donors (Lipinski definition) is 0. The first kappa shape index (κ1) is 24.1. The third-order valence-corrected chi connectivity index (χ3v) is 7.42. The topological polar surface area (TPSA) is 43.7 Å². The number of para-hydroxylation sites is 1. The van der Waals surface area contributed by atoms with Gasteiger partial charge in [-0.3, -0.25) is 4.79 Å². The van der Waals surface area contributed by atoms with Crippen LogP contribution in [0.3, 0.4) is 0 Å². The van der Waals surface area contributed by atoms with Gasteiger partial charge in [0.25, 0.3) is 0 Å². The van der Waals surface area contributed by atoms with Crippen LogP contribution in [0.4, 0.5) is 0 Å². The van der Waals surface area contributed by atoms with E-state index in [-0.39, 0.29) is 17.7 Å². The summed E-state index contributed by atoms with van der Waals surface area (Å²) in [5.41, 5.74) is 4.88. The first-order valence-corrected chi connectivity index (χ1v) is 12.7. The van der Waals surface area contributed by atoms with Crippen LogP contribution in [0, 0.1) is 0 Å². The Hall–Kier alpha value is -3.57. The Balaban J connectivity index is 1.53. The number of fused-ring (bicyclic) bond motifs is 1. The Kier molecular flexibility index (Phi) is 7.38. The summed E-state index contributed by atoms with van der Waals surface area (Å²) in [5.74, 6) is 1.31. The molecule has 4 aromatic rings. The summed E-state index contributed by atoms with van der Waals surface area (Å²) >= 11 is 0. The summed E-state index contributed by atoms with van der Waals surface area (Å²) in [6.45, 7) is 5.59. The van der Waals surface area contributed by atoms with E-state index in [2.05, 4.69) is 78.4 Å². The van der Waals surface area contributed by atoms with Crippen LogP contribution in [0.25, 0.3) is 10.9 Å². The third-order valence-electron chi connectivity index (χ3n) is 7.42. The lowest BCUT2D eigenvalue weighted by atomic mass is 9.80. The minimum absolute atomic E-state index is 0.0600. The van der Waals surface area contributed by atoms with E-state index in [9.17, 15) is 4.79 Å². The second kappa shape index (κ2) is 11.0. The number of ether oxygens (including phenoxy) is 2. The van der Waals surface area contributed by atoms with Gasteiger partial charge < -0.3 is 18.9 Å². The number of carbonyl (C=O) groups excluding carboxylic acids is 1. The summed E-state index contributed by atoms with van der Waals surface area (Å²) in [7, 11) is 1.69. The van der Waals surface area contributed by atoms with E-state index in [0.29, 0.717) is 32.7 Å². The SMILES string of the molecule is COc1ccc(Cn2cc([C@H](CC(=O)N3CCOCC3)[C@H](C)c3ccccc3)c3ccccc32)cc1. The average molecular weight is 483 g/mol. The highest BCUT2D eigenvalue weighted by atomic mass is 16.5. The quantitative estimate of drug-likeness (QED) is 0.317. The van der Waals surface area contributed by atoms with Crippen LogP contribution in [0.1, 0.15) is 41.9 Å². The molecule has 1 fully saturated rings. The summed E-state index contributed by atoms with van der Waals surface area (Å²) in [6, 6.07) is 27.3. The van der Waals surface area contributed by atoms with Crippen molar-refractivity contribution in [3.05, 3.63) is 102 Å². The first-order valence-electron chi connectivity index (χ1n) is 12.7. The van der Waals surface area contributed by atoms with Crippen LogP contribution in [0.2, 0.25) is 0 Å². The highest BCUT2D eigenvalue weighted by Crippen LogP contribution is 2.40. The zero-order valence-corrected chi connectivity index (χ0v) is 21.1. The van der Waals surface area contributed by atoms with Gasteiger partial charge in [-0.2, -0.15) is 0 Å². The molecule has 0 saturated carbocycles. The maximum Gasteiger partial charge on any atom is 0.223 e. The third kappa shape index (κ3) is 5.17. The van der Waals surface area contributed by atoms with E-state index in [4.69, 9.17) is 9.47 Å². The molecule has 36 heavy (non-hydrogen) atoms. The molecule has 2 atom stereocenters. The molecule has 1 saturated heterocycles. The smallest absolute Gasteiger partial charge is 0.223 e. The predicted molar refractivity (Wildman–Crippen MR) is 144 cm³/mol. The standard InChI is InChI=1S/C31H34N2O3/c1-23(25-8-4-3-5-9-25)28(20-31(34)32-16-18-36-19-17-32)29-22-33(30-11-7-6-10-27(29)30)21-24-12-14-26(35-2)15-13-24/h3-15,22-23,28H,16-21H2,1-2H3/t23-,28-/m1/s1. The number of amides is 1. The monoisotopic (exact) mass is 482 g/mol. The van der Waals surface area contributed by atoms with Crippen molar-refractivity contribution in [2.75, 3.05) is 33.4 Å². The van der Waals surface area contributed by atoms with Gasteiger partial charge in [-0.1, -0.05) is 67.6 Å². The molecule has 0 N–H and O–H groups in total. The van der Waals surface area contributed by atoms with Crippen molar-refractivity contribution in [2.45, 2.75) is 31.7 Å². The van der Waals surface area contributed by atoms with Crippen LogP contribution in [0.5, 0.6) is 5.75 Å². The molecule has 1 aromatic heterocycles. The molecule has 2 heterocycles. The van der Waals surface area contributed by atoms with Crippen LogP contribution >= 0.6 is 0 Å². The van der Waals surface area contributed by atoms with Crippen LogP contribution in [0.15, 0.2) is 85.1 Å². The zero-order valence-electron chi connectivity index (χ0n) is 21.1. The summed E-state index contributed by atoms with van der Waals surface area (Å²) in [5, 5.41) is 1.22. The molecule has 1 aliphatic rings. The van der Waals surface area contributed by atoms with Crippen molar-refractivity contribution in [3.8, 4) is 5.75 Å². The van der Waals surface area contributed by atoms with Crippen molar-refractivity contribution in [2.24, 2.45) is 0 Å². The van der Waals surface area contributed by atoms with Gasteiger partial charge in [0, 0.05) is 49.1 Å². The Morgan fingerprint density at radius 1 is 0.944 bits per heavy atom. The molecular weight excluding hydrogens is 448 g/mol. The maximum absolute atomic E-state index is 13.5. The first-order chi connectivity index (χ1) is 17.6. The lowest BCUT2D eigenvalue weighted by Crippen LogP contribution is -2.41. The van der Waals surface area contributed by atoms with E-state index in [0.717, 1.165) is 12.3 Å². The molecule has 0 spiro atoms. The minimum Gasteiger partial charge on any atom is -0.497 e. The normalized spacial score (nSPS) is 15.6. The molecule has 1 amide bonds. The van der Waals surface area contributed by atoms with Crippen molar-refractivity contribution < 1.29 is 14.3 Å². The number of hydrogen-bond acceptors (Lipinski definition) is 3. The van der Waals surface area contributed by atoms with Crippen LogP contribution in [-0.2, 0) is 16.1 Å². The van der Waals surface area contributed by atoms with E-state index in [1.165, 1.54) is 27.6 Å². The zero-order chi connectivity index (χ0) is 24.9. The molecule has 186 valence electrons. The Morgan fingerprint density at radius 2 is 1.64 bits per heavy atom. The fourth-order valence-electron chi connectivity index (χ4n) is 5.30. The Labute approximate surface area is 213 Å². The van der Waals surface area contributed by atoms with Gasteiger partial charge in [0.1, 0.15) is 5.75 Å². The lowest BCUT2D eigenvalue weighted by molar-refractivity contribution is -0.135. The van der Waals surface area contributed by atoms with E-state index < -0.39 is 0 Å². The Bertz CT molecular complexity index is 1290. The molecule has 0 aliphatic carbocycles. The fourth-order valence-corrected chi connectivity index (χ4v) is 5.30. The van der Waals surface area contributed by atoms with E-state index >= 15 is 0 Å². The predicted octanol–water partition coefficient (Wildman–Crippen LogP) is 5.83. The van der Waals surface area contributed by atoms with Gasteiger partial charge in [-0.15, -0.1) is 0 Å². The molecule has 0 radical (unpaired) electrons. The van der Waals surface area contributed by atoms with Gasteiger partial charge in [0.15, 0.2) is 0 Å². The molecule has 1 aliphatic heterocycles. The van der Waals surface area contributed by atoms with Gasteiger partial charge in [-0.05, 0) is 40.8 Å². The molecule has 5 rings (SSSR count). The van der Waals surface area contributed by atoms with E-state index in [1.54, 1.807) is 7.11 Å². The highest BCUT2D eigenvalue weighted by Gasteiger charge is 2.29. The molecule has 3 aromatic carbocycles. The van der Waals surface area contributed by atoms with Crippen molar-refractivity contribution in [1.82, 2.24) is 9.47 Å². The van der Waals surface area contributed by atoms with Gasteiger partial charge in [0.2, 0.25) is 5.91 Å². The minimum atomic E-state index is 0.0600.